The molecule has 0 radical (unpaired) electrons. The first-order valence-electron chi connectivity index (χ1n) is 25.6. The number of thiol groups is 2. The summed E-state index contributed by atoms with van der Waals surface area (Å²) >= 11 is 8.61. The van der Waals surface area contributed by atoms with Crippen LogP contribution in [0.1, 0.15) is 76.2 Å². The van der Waals surface area contributed by atoms with E-state index in [4.69, 9.17) is 16.2 Å². The Balaban J connectivity index is 1.47. The van der Waals surface area contributed by atoms with Gasteiger partial charge in [0.1, 0.15) is 48.3 Å². The number of ether oxygens (including phenoxy) is 1. The van der Waals surface area contributed by atoms with Gasteiger partial charge >= 0.3 is 5.97 Å². The van der Waals surface area contributed by atoms with Gasteiger partial charge in [-0.05, 0) is 103 Å². The standard InChI is InChI=1S/C49H73N13O12S2/c1-60(2)18-8-6-14-31-44(68)57-33(21-28-23-52-30-12-4-3-11-29(28)30)46(70)59-36(27-76)48(72)62-20-10-16-38(62)49(73)74-25-41(65)55-32(13-5-7-17-50)45(69)58-34(47(71)61-19-9-15-37(61)42(51)66)22-39(63)56-35(26-75)43(67)53-24-40(64)54-31/h3-4,11-12,23,31-38,52,75-76H,5-10,13-22,24-27,50H2,1-2H3,(H2,51,66)(H,53,67)(H,54,64)(H,55,65)(H,56,63)(H,57,68)(H,58,69)(H,59,70)/t31-,32-,33-,34-,35-,36-,37-,38-/m0/s1. The molecule has 5 rings (SSSR count). The second-order valence-electron chi connectivity index (χ2n) is 19.4. The number of carbonyl (C=O) groups excluding carboxylic acids is 11. The largest absolute Gasteiger partial charge is 0.454 e. The van der Waals surface area contributed by atoms with Crippen molar-refractivity contribution >= 4 is 101 Å². The van der Waals surface area contributed by atoms with E-state index >= 15 is 0 Å². The van der Waals surface area contributed by atoms with E-state index in [-0.39, 0.29) is 63.2 Å². The zero-order valence-electron chi connectivity index (χ0n) is 42.9. The van der Waals surface area contributed by atoms with Gasteiger partial charge in [-0.3, -0.25) is 47.9 Å². The van der Waals surface area contributed by atoms with Crippen LogP contribution < -0.4 is 48.7 Å². The Bertz CT molecular complexity index is 2430. The molecular weight excluding hydrogens is 1030 g/mol. The molecule has 3 fully saturated rings. The lowest BCUT2D eigenvalue weighted by molar-refractivity contribution is -0.156. The minimum atomic E-state index is -1.65. The Morgan fingerprint density at radius 2 is 1.36 bits per heavy atom. The number of fused-ring (bicyclic) bond motifs is 2. The highest BCUT2D eigenvalue weighted by Gasteiger charge is 2.41. The first kappa shape index (κ1) is 60.4. The first-order valence-corrected chi connectivity index (χ1v) is 26.9. The second kappa shape index (κ2) is 29.7. The number of cyclic esters (lactones) is 1. The van der Waals surface area contributed by atoms with Crippen molar-refractivity contribution in [2.24, 2.45) is 11.5 Å². The Hall–Kier alpha value is -6.45. The number of aromatic nitrogens is 1. The summed E-state index contributed by atoms with van der Waals surface area (Å²) in [6, 6.07) is -3.18. The fraction of sp³-hybridized carbons (Fsp3) is 0.612. The molecule has 4 heterocycles. The van der Waals surface area contributed by atoms with Crippen molar-refractivity contribution in [2.75, 3.05) is 64.9 Å². The van der Waals surface area contributed by atoms with Gasteiger partial charge < -0.3 is 73.1 Å². The molecule has 10 amide bonds. The summed E-state index contributed by atoms with van der Waals surface area (Å²) in [6.45, 7) is -0.496. The number of carbonyl (C=O) groups is 11. The van der Waals surface area contributed by atoms with Crippen LogP contribution in [-0.2, 0) is 63.9 Å². The Morgan fingerprint density at radius 1 is 0.724 bits per heavy atom. The van der Waals surface area contributed by atoms with Crippen molar-refractivity contribution in [1.29, 1.82) is 0 Å². The number of amides is 10. The van der Waals surface area contributed by atoms with E-state index in [9.17, 15) is 52.7 Å². The minimum Gasteiger partial charge on any atom is -0.454 e. The Labute approximate surface area is 451 Å². The maximum absolute atomic E-state index is 14.4. The van der Waals surface area contributed by atoms with E-state index in [1.807, 2.05) is 43.3 Å². The van der Waals surface area contributed by atoms with Crippen LogP contribution in [0.25, 0.3) is 10.9 Å². The lowest BCUT2D eigenvalue weighted by Crippen LogP contribution is -2.59. The molecule has 1 aromatic heterocycles. The predicted molar refractivity (Wildman–Crippen MR) is 284 cm³/mol. The third kappa shape index (κ3) is 17.3. The highest BCUT2D eigenvalue weighted by Crippen LogP contribution is 2.23. The number of unbranched alkanes of at least 4 members (excludes halogenated alkanes) is 2. The number of hydrogen-bond acceptors (Lipinski definition) is 16. The minimum absolute atomic E-state index is 0.00973. The molecule has 2 aromatic rings. The third-order valence-corrected chi connectivity index (χ3v) is 14.1. The van der Waals surface area contributed by atoms with E-state index in [2.05, 4.69) is 67.5 Å². The van der Waals surface area contributed by atoms with Crippen LogP contribution in [0.5, 0.6) is 0 Å². The summed E-state index contributed by atoms with van der Waals surface area (Å²) in [6.07, 6.45) is 3.94. The molecule has 1 aromatic carbocycles. The van der Waals surface area contributed by atoms with E-state index < -0.39 is 133 Å². The van der Waals surface area contributed by atoms with Gasteiger partial charge in [0, 0.05) is 48.1 Å². The van der Waals surface area contributed by atoms with Crippen molar-refractivity contribution in [3.63, 3.8) is 0 Å². The van der Waals surface area contributed by atoms with Crippen molar-refractivity contribution in [3.05, 3.63) is 36.0 Å². The Kier molecular flexibility index (Phi) is 23.6. The molecule has 76 heavy (non-hydrogen) atoms. The molecule has 0 saturated carbocycles. The van der Waals surface area contributed by atoms with Gasteiger partial charge in [0.2, 0.25) is 53.2 Å². The molecule has 0 spiro atoms. The second-order valence-corrected chi connectivity index (χ2v) is 20.1. The van der Waals surface area contributed by atoms with Crippen LogP contribution in [0.15, 0.2) is 30.5 Å². The fourth-order valence-corrected chi connectivity index (χ4v) is 9.88. The lowest BCUT2D eigenvalue weighted by Gasteiger charge is -2.29. The summed E-state index contributed by atoms with van der Waals surface area (Å²) in [7, 11) is 3.76. The number of likely N-dealkylation sites (tertiary alicyclic amines) is 1. The molecule has 25 nitrogen and oxygen atoms in total. The topological polar surface area (TPSA) is 359 Å². The summed E-state index contributed by atoms with van der Waals surface area (Å²) < 4.78 is 5.40. The molecule has 12 N–H and O–H groups in total. The number of esters is 1. The maximum Gasteiger partial charge on any atom is 0.329 e. The molecule has 27 heteroatoms. The van der Waals surface area contributed by atoms with Gasteiger partial charge in [-0.25, -0.2) is 4.79 Å². The first-order chi connectivity index (χ1) is 36.3. The number of para-hydroxylation sites is 1. The quantitative estimate of drug-likeness (QED) is 0.0477. The van der Waals surface area contributed by atoms with E-state index in [0.717, 1.165) is 15.8 Å². The molecule has 0 aliphatic carbocycles. The van der Waals surface area contributed by atoms with Gasteiger partial charge in [-0.15, -0.1) is 0 Å². The van der Waals surface area contributed by atoms with E-state index in [1.165, 1.54) is 4.90 Å². The van der Waals surface area contributed by atoms with Gasteiger partial charge in [-0.2, -0.15) is 25.3 Å². The molecule has 418 valence electrons. The van der Waals surface area contributed by atoms with Crippen molar-refractivity contribution in [2.45, 2.75) is 125 Å². The number of primary amides is 1. The molecule has 0 unspecified atom stereocenters. The number of benzene rings is 1. The van der Waals surface area contributed by atoms with Crippen molar-refractivity contribution in [1.82, 2.24) is 56.9 Å². The van der Waals surface area contributed by atoms with Crippen LogP contribution in [0.2, 0.25) is 0 Å². The monoisotopic (exact) mass is 1100 g/mol. The normalized spacial score (nSPS) is 25.5. The van der Waals surface area contributed by atoms with E-state index in [0.29, 0.717) is 50.6 Å². The van der Waals surface area contributed by atoms with Crippen molar-refractivity contribution in [3.8, 4) is 0 Å². The molecule has 3 saturated heterocycles. The third-order valence-electron chi connectivity index (χ3n) is 13.4. The van der Waals surface area contributed by atoms with Gasteiger partial charge in [0.05, 0.1) is 13.0 Å². The summed E-state index contributed by atoms with van der Waals surface area (Å²) in [4.78, 5) is 159. The summed E-state index contributed by atoms with van der Waals surface area (Å²) in [5.41, 5.74) is 12.7. The lowest BCUT2D eigenvalue weighted by atomic mass is 10.0. The highest BCUT2D eigenvalue weighted by atomic mass is 32.1. The van der Waals surface area contributed by atoms with Crippen LogP contribution >= 0.6 is 25.3 Å². The molecule has 3 aliphatic heterocycles. The summed E-state index contributed by atoms with van der Waals surface area (Å²) in [5, 5.41) is 18.9. The molecule has 0 bridgehead atoms. The molecular formula is C49H73N13O12S2. The SMILES string of the molecule is CN(C)CCCC[C@@H]1NC(=O)CNC(=O)[C@H](CS)NC(=O)C[C@@H](C(=O)N2CCC[C@H]2C(N)=O)NC(=O)[C@H](CCCCN)NC(=O)COC(=O)[C@@H]2CCCN2C(=O)[C@H](CS)NC(=O)[C@H](Cc2c[nH]c3ccccc23)NC1=O. The average Bonchev–Trinajstić information content (AvgIpc) is 4.19. The van der Waals surface area contributed by atoms with Crippen LogP contribution in [0, 0.1) is 0 Å². The fourth-order valence-electron chi connectivity index (χ4n) is 9.38. The molecule has 8 atom stereocenters. The number of nitrogens with one attached hydrogen (secondary N) is 8. The van der Waals surface area contributed by atoms with Crippen LogP contribution in [-0.4, -0.2) is 198 Å². The van der Waals surface area contributed by atoms with E-state index in [1.54, 1.807) is 6.20 Å². The highest BCUT2D eigenvalue weighted by molar-refractivity contribution is 7.80. The van der Waals surface area contributed by atoms with Gasteiger partial charge in [0.25, 0.3) is 5.91 Å². The molecule has 3 aliphatic rings. The zero-order chi connectivity index (χ0) is 55.5. The Morgan fingerprint density at radius 3 is 2.04 bits per heavy atom. The van der Waals surface area contributed by atoms with Gasteiger partial charge in [0.15, 0.2) is 6.61 Å². The number of H-pyrrole nitrogens is 1. The van der Waals surface area contributed by atoms with Crippen LogP contribution in [0.3, 0.4) is 0 Å². The van der Waals surface area contributed by atoms with Crippen molar-refractivity contribution < 1.29 is 57.5 Å². The number of aromatic amines is 1. The maximum atomic E-state index is 14.4. The van der Waals surface area contributed by atoms with Crippen LogP contribution in [0.4, 0.5) is 0 Å². The number of hydrogen-bond donors (Lipinski definition) is 12. The predicted octanol–water partition coefficient (Wildman–Crippen LogP) is -3.13. The van der Waals surface area contributed by atoms with Gasteiger partial charge in [-0.1, -0.05) is 18.2 Å². The summed E-state index contributed by atoms with van der Waals surface area (Å²) in [5.74, 6) is -9.73. The average molecular weight is 1100 g/mol. The number of rotatable bonds is 15. The smallest absolute Gasteiger partial charge is 0.329 e. The zero-order valence-corrected chi connectivity index (χ0v) is 44.7. The number of nitrogens with zero attached hydrogens (tertiary/aromatic N) is 3. The number of nitrogens with two attached hydrogens (primary N) is 2.